The molecule has 0 unspecified atom stereocenters. The summed E-state index contributed by atoms with van der Waals surface area (Å²) in [6.45, 7) is 4.40. The van der Waals surface area contributed by atoms with E-state index in [-0.39, 0.29) is 25.4 Å². The van der Waals surface area contributed by atoms with Crippen LogP contribution < -0.4 is 0 Å². The first kappa shape index (κ1) is 14.8. The van der Waals surface area contributed by atoms with Crippen LogP contribution in [0.3, 0.4) is 0 Å². The summed E-state index contributed by atoms with van der Waals surface area (Å²) in [6.07, 6.45) is -0.00937. The maximum atomic E-state index is 12.1. The van der Waals surface area contributed by atoms with Crippen LogP contribution in [0.5, 0.6) is 0 Å². The minimum Gasteiger partial charge on any atom is -0.444 e. The average molecular weight is 279 g/mol. The number of amides is 1. The van der Waals surface area contributed by atoms with Crippen LogP contribution >= 0.6 is 0 Å². The van der Waals surface area contributed by atoms with Crippen LogP contribution in [0.1, 0.15) is 25.8 Å². The molecule has 1 atom stereocenters. The van der Waals surface area contributed by atoms with Crippen molar-refractivity contribution >= 4 is 6.09 Å². The first-order valence-corrected chi connectivity index (χ1v) is 6.80. The molecule has 0 bridgehead atoms. The first-order valence-electron chi connectivity index (χ1n) is 6.80. The maximum absolute atomic E-state index is 12.1. The number of ether oxygens (including phenoxy) is 2. The van der Waals surface area contributed by atoms with E-state index in [2.05, 4.69) is 0 Å². The summed E-state index contributed by atoms with van der Waals surface area (Å²) in [5, 5.41) is 8.96. The monoisotopic (exact) mass is 279 g/mol. The molecule has 1 fully saturated rings. The summed E-state index contributed by atoms with van der Waals surface area (Å²) >= 11 is 0. The van der Waals surface area contributed by atoms with Crippen LogP contribution in [-0.2, 0) is 16.1 Å². The SMILES string of the molecule is CC1(C)O[C@H](CCO)CN1C(=O)OCc1ccccc1. The highest BCUT2D eigenvalue weighted by atomic mass is 16.6. The molecule has 5 heteroatoms. The lowest BCUT2D eigenvalue weighted by molar-refractivity contribution is -0.0739. The smallest absolute Gasteiger partial charge is 0.412 e. The van der Waals surface area contributed by atoms with Gasteiger partial charge in [-0.15, -0.1) is 0 Å². The Labute approximate surface area is 119 Å². The molecular formula is C15H21NO4. The predicted octanol–water partition coefficient (Wildman–Crippen LogP) is 2.14. The molecule has 1 amide bonds. The highest BCUT2D eigenvalue weighted by Gasteiger charge is 2.42. The predicted molar refractivity (Wildman–Crippen MR) is 74.0 cm³/mol. The van der Waals surface area contributed by atoms with Crippen LogP contribution in [0.2, 0.25) is 0 Å². The topological polar surface area (TPSA) is 59.0 Å². The van der Waals surface area contributed by atoms with Gasteiger partial charge in [-0.1, -0.05) is 30.3 Å². The summed E-state index contributed by atoms with van der Waals surface area (Å²) in [4.78, 5) is 13.7. The van der Waals surface area contributed by atoms with Gasteiger partial charge in [0.2, 0.25) is 0 Å². The molecule has 1 aliphatic heterocycles. The fourth-order valence-corrected chi connectivity index (χ4v) is 2.32. The molecule has 110 valence electrons. The number of carbonyl (C=O) groups is 1. The van der Waals surface area contributed by atoms with Gasteiger partial charge in [0, 0.05) is 6.61 Å². The molecule has 0 radical (unpaired) electrons. The van der Waals surface area contributed by atoms with Gasteiger partial charge >= 0.3 is 6.09 Å². The van der Waals surface area contributed by atoms with E-state index < -0.39 is 5.72 Å². The highest BCUT2D eigenvalue weighted by Crippen LogP contribution is 2.28. The number of aliphatic hydroxyl groups is 1. The summed E-state index contributed by atoms with van der Waals surface area (Å²) in [5.41, 5.74) is 0.249. The van der Waals surface area contributed by atoms with Gasteiger partial charge in [-0.3, -0.25) is 4.90 Å². The van der Waals surface area contributed by atoms with Crippen molar-refractivity contribution in [3.8, 4) is 0 Å². The normalized spacial score (nSPS) is 20.9. The zero-order valence-electron chi connectivity index (χ0n) is 11.9. The van der Waals surface area contributed by atoms with E-state index in [1.54, 1.807) is 4.90 Å². The van der Waals surface area contributed by atoms with Crippen molar-refractivity contribution in [1.82, 2.24) is 4.90 Å². The number of hydrogen-bond donors (Lipinski definition) is 1. The number of hydrogen-bond acceptors (Lipinski definition) is 4. The van der Waals surface area contributed by atoms with Gasteiger partial charge in [0.15, 0.2) is 0 Å². The summed E-state index contributed by atoms with van der Waals surface area (Å²) < 4.78 is 11.1. The fraction of sp³-hybridized carbons (Fsp3) is 0.533. The van der Waals surface area contributed by atoms with E-state index in [1.807, 2.05) is 44.2 Å². The molecule has 1 N–H and O–H groups in total. The fourth-order valence-electron chi connectivity index (χ4n) is 2.32. The minimum atomic E-state index is -0.701. The van der Waals surface area contributed by atoms with Crippen molar-refractivity contribution in [2.24, 2.45) is 0 Å². The van der Waals surface area contributed by atoms with Gasteiger partial charge in [-0.2, -0.15) is 0 Å². The van der Waals surface area contributed by atoms with Gasteiger partial charge in [0.1, 0.15) is 12.3 Å². The van der Waals surface area contributed by atoms with Gasteiger partial charge in [0.05, 0.1) is 12.6 Å². The number of aliphatic hydroxyl groups excluding tert-OH is 1. The molecule has 1 aliphatic rings. The Balaban J connectivity index is 1.91. The number of carbonyl (C=O) groups excluding carboxylic acids is 1. The van der Waals surface area contributed by atoms with Crippen LogP contribution in [0.4, 0.5) is 4.79 Å². The van der Waals surface area contributed by atoms with E-state index in [9.17, 15) is 4.79 Å². The first-order chi connectivity index (χ1) is 9.53. The third-order valence-electron chi connectivity index (χ3n) is 3.37. The minimum absolute atomic E-state index is 0.0493. The van der Waals surface area contributed by atoms with Crippen LogP contribution in [0, 0.1) is 0 Å². The van der Waals surface area contributed by atoms with Gasteiger partial charge in [-0.05, 0) is 25.8 Å². The Bertz CT molecular complexity index is 446. The second-order valence-corrected chi connectivity index (χ2v) is 5.35. The van der Waals surface area contributed by atoms with E-state index in [1.165, 1.54) is 0 Å². The average Bonchev–Trinajstić information content (AvgIpc) is 2.72. The molecule has 20 heavy (non-hydrogen) atoms. The molecule has 0 aliphatic carbocycles. The highest BCUT2D eigenvalue weighted by molar-refractivity contribution is 5.68. The zero-order valence-corrected chi connectivity index (χ0v) is 11.9. The van der Waals surface area contributed by atoms with Crippen molar-refractivity contribution in [2.75, 3.05) is 13.2 Å². The van der Waals surface area contributed by atoms with Crippen LogP contribution in [0.25, 0.3) is 0 Å². The lowest BCUT2D eigenvalue weighted by Crippen LogP contribution is -2.43. The van der Waals surface area contributed by atoms with E-state index in [4.69, 9.17) is 14.6 Å². The Morgan fingerprint density at radius 3 is 2.80 bits per heavy atom. The Kier molecular flexibility index (Phi) is 4.62. The van der Waals surface area contributed by atoms with Gasteiger partial charge in [0.25, 0.3) is 0 Å². The quantitative estimate of drug-likeness (QED) is 0.917. The number of benzene rings is 1. The largest absolute Gasteiger partial charge is 0.444 e. The van der Waals surface area contributed by atoms with Crippen molar-refractivity contribution in [1.29, 1.82) is 0 Å². The van der Waals surface area contributed by atoms with Crippen molar-refractivity contribution in [3.05, 3.63) is 35.9 Å². The van der Waals surface area contributed by atoms with E-state index in [0.717, 1.165) is 5.56 Å². The van der Waals surface area contributed by atoms with Crippen molar-refractivity contribution < 1.29 is 19.4 Å². The molecule has 0 aromatic heterocycles. The molecule has 5 nitrogen and oxygen atoms in total. The molecular weight excluding hydrogens is 258 g/mol. The number of nitrogens with zero attached hydrogens (tertiary/aromatic N) is 1. The van der Waals surface area contributed by atoms with E-state index in [0.29, 0.717) is 13.0 Å². The Hall–Kier alpha value is -1.59. The molecule has 0 spiro atoms. The lowest BCUT2D eigenvalue weighted by atomic mass is 10.2. The molecule has 1 aromatic carbocycles. The molecule has 2 rings (SSSR count). The number of rotatable bonds is 4. The summed E-state index contributed by atoms with van der Waals surface area (Å²) in [5.74, 6) is 0. The molecule has 1 heterocycles. The third-order valence-corrected chi connectivity index (χ3v) is 3.37. The summed E-state index contributed by atoms with van der Waals surface area (Å²) in [6, 6.07) is 9.55. The Morgan fingerprint density at radius 1 is 1.45 bits per heavy atom. The van der Waals surface area contributed by atoms with Gasteiger partial charge < -0.3 is 14.6 Å². The standard InChI is InChI=1S/C15H21NO4/c1-15(2)16(10-13(20-15)8-9-17)14(18)19-11-12-6-4-3-5-7-12/h3-7,13,17H,8-11H2,1-2H3/t13-/m1/s1. The second kappa shape index (κ2) is 6.24. The maximum Gasteiger partial charge on any atom is 0.412 e. The van der Waals surface area contributed by atoms with E-state index >= 15 is 0 Å². The Morgan fingerprint density at radius 2 is 2.15 bits per heavy atom. The molecule has 1 saturated heterocycles. The van der Waals surface area contributed by atoms with Crippen molar-refractivity contribution in [2.45, 2.75) is 38.7 Å². The molecule has 1 aromatic rings. The molecule has 0 saturated carbocycles. The second-order valence-electron chi connectivity index (χ2n) is 5.35. The third kappa shape index (κ3) is 3.49. The van der Waals surface area contributed by atoms with Crippen molar-refractivity contribution in [3.63, 3.8) is 0 Å². The van der Waals surface area contributed by atoms with Gasteiger partial charge in [-0.25, -0.2) is 4.79 Å². The zero-order chi connectivity index (χ0) is 14.6. The lowest BCUT2D eigenvalue weighted by Gasteiger charge is -2.28. The summed E-state index contributed by atoms with van der Waals surface area (Å²) in [7, 11) is 0. The van der Waals surface area contributed by atoms with Crippen LogP contribution in [0.15, 0.2) is 30.3 Å². The van der Waals surface area contributed by atoms with Crippen LogP contribution in [-0.4, -0.2) is 41.1 Å².